The van der Waals surface area contributed by atoms with Crippen molar-refractivity contribution in [3.8, 4) is 0 Å². The average Bonchev–Trinajstić information content (AvgIpc) is 2.36. The highest BCUT2D eigenvalue weighted by Gasteiger charge is 2.20. The lowest BCUT2D eigenvalue weighted by Gasteiger charge is -2.27. The summed E-state index contributed by atoms with van der Waals surface area (Å²) in [4.78, 5) is 24.9. The molecule has 0 aliphatic carbocycles. The van der Waals surface area contributed by atoms with Crippen molar-refractivity contribution in [2.45, 2.75) is 39.7 Å². The van der Waals surface area contributed by atoms with Crippen LogP contribution in [0.3, 0.4) is 0 Å². The maximum Gasteiger partial charge on any atom is 0.303 e. The van der Waals surface area contributed by atoms with E-state index in [9.17, 15) is 9.59 Å². The van der Waals surface area contributed by atoms with Crippen LogP contribution < -0.4 is 0 Å². The van der Waals surface area contributed by atoms with Gasteiger partial charge in [0.15, 0.2) is 0 Å². The van der Waals surface area contributed by atoms with Crippen LogP contribution in [-0.2, 0) is 4.79 Å². The summed E-state index contributed by atoms with van der Waals surface area (Å²) in [6.07, 6.45) is 0.542. The Bertz CT molecular complexity index is 500. The number of carbonyl (C=O) groups is 2. The molecule has 0 fully saturated rings. The lowest BCUT2D eigenvalue weighted by atomic mass is 10.1. The fourth-order valence-electron chi connectivity index (χ4n) is 1.99. The van der Waals surface area contributed by atoms with E-state index < -0.39 is 5.97 Å². The van der Waals surface area contributed by atoms with Gasteiger partial charge in [0.25, 0.3) is 5.91 Å². The van der Waals surface area contributed by atoms with Crippen LogP contribution in [0.4, 0.5) is 0 Å². The fraction of sp³-hybridized carbons (Fsp3) is 0.467. The number of carbonyl (C=O) groups excluding carboxylic acids is 1. The van der Waals surface area contributed by atoms with E-state index in [0.29, 0.717) is 18.5 Å². The Morgan fingerprint density at radius 3 is 2.55 bits per heavy atom. The minimum Gasteiger partial charge on any atom is -0.481 e. The van der Waals surface area contributed by atoms with Crippen molar-refractivity contribution in [3.05, 3.63) is 33.8 Å². The van der Waals surface area contributed by atoms with Gasteiger partial charge in [-0.1, -0.05) is 22.0 Å². The van der Waals surface area contributed by atoms with Gasteiger partial charge in [0.2, 0.25) is 0 Å². The van der Waals surface area contributed by atoms with Gasteiger partial charge in [-0.2, -0.15) is 0 Å². The monoisotopic (exact) mass is 341 g/mol. The molecule has 0 aromatic heterocycles. The largest absolute Gasteiger partial charge is 0.481 e. The Morgan fingerprint density at radius 2 is 2.00 bits per heavy atom. The van der Waals surface area contributed by atoms with E-state index in [0.717, 1.165) is 10.0 Å². The summed E-state index contributed by atoms with van der Waals surface area (Å²) in [6.45, 7) is 6.22. The number of amides is 1. The van der Waals surface area contributed by atoms with Crippen molar-refractivity contribution in [1.82, 2.24) is 4.90 Å². The standard InChI is InChI=1S/C15H20BrNO3/c1-10(2)17(9-5-8-14(18)19)15(20)12-6-4-7-13(16)11(12)3/h4,6-7,10H,5,8-9H2,1-3H3,(H,18,19). The quantitative estimate of drug-likeness (QED) is 0.861. The van der Waals surface area contributed by atoms with E-state index in [-0.39, 0.29) is 18.4 Å². The van der Waals surface area contributed by atoms with E-state index in [1.54, 1.807) is 11.0 Å². The Labute approximate surface area is 127 Å². The third-order valence-electron chi connectivity index (χ3n) is 3.17. The van der Waals surface area contributed by atoms with E-state index in [4.69, 9.17) is 5.11 Å². The Hall–Kier alpha value is -1.36. The normalized spacial score (nSPS) is 10.7. The second-order valence-electron chi connectivity index (χ2n) is 5.00. The van der Waals surface area contributed by atoms with E-state index in [1.807, 2.05) is 32.9 Å². The molecule has 1 aromatic carbocycles. The second kappa shape index (κ2) is 7.43. The molecule has 0 radical (unpaired) electrons. The van der Waals surface area contributed by atoms with Gasteiger partial charge >= 0.3 is 5.97 Å². The summed E-state index contributed by atoms with van der Waals surface area (Å²) in [5, 5.41) is 8.69. The van der Waals surface area contributed by atoms with Crippen molar-refractivity contribution >= 4 is 27.8 Å². The highest BCUT2D eigenvalue weighted by atomic mass is 79.9. The minimum atomic E-state index is -0.834. The molecule has 0 saturated carbocycles. The van der Waals surface area contributed by atoms with Crippen LogP contribution in [0.15, 0.2) is 22.7 Å². The molecule has 1 rings (SSSR count). The van der Waals surface area contributed by atoms with Crippen LogP contribution >= 0.6 is 15.9 Å². The fourth-order valence-corrected chi connectivity index (χ4v) is 2.35. The molecule has 1 aromatic rings. The van der Waals surface area contributed by atoms with Gasteiger partial charge < -0.3 is 10.0 Å². The summed E-state index contributed by atoms with van der Waals surface area (Å²) in [7, 11) is 0. The topological polar surface area (TPSA) is 57.6 Å². The maximum absolute atomic E-state index is 12.6. The van der Waals surface area contributed by atoms with Gasteiger partial charge in [-0.05, 0) is 44.9 Å². The molecular formula is C15H20BrNO3. The highest BCUT2D eigenvalue weighted by Crippen LogP contribution is 2.21. The third kappa shape index (κ3) is 4.34. The molecule has 1 N–H and O–H groups in total. The average molecular weight is 342 g/mol. The van der Waals surface area contributed by atoms with Crippen molar-refractivity contribution in [2.75, 3.05) is 6.54 Å². The van der Waals surface area contributed by atoms with Crippen molar-refractivity contribution in [3.63, 3.8) is 0 Å². The lowest BCUT2D eigenvalue weighted by Crippen LogP contribution is -2.38. The zero-order chi connectivity index (χ0) is 15.3. The highest BCUT2D eigenvalue weighted by molar-refractivity contribution is 9.10. The first kappa shape index (κ1) is 16.7. The number of carboxylic acids is 1. The third-order valence-corrected chi connectivity index (χ3v) is 4.03. The first-order chi connectivity index (χ1) is 9.34. The van der Waals surface area contributed by atoms with Gasteiger partial charge in [-0.25, -0.2) is 0 Å². The molecule has 0 spiro atoms. The summed E-state index contributed by atoms with van der Waals surface area (Å²) < 4.78 is 0.901. The summed E-state index contributed by atoms with van der Waals surface area (Å²) in [5.41, 5.74) is 1.56. The molecular weight excluding hydrogens is 322 g/mol. The van der Waals surface area contributed by atoms with Crippen LogP contribution in [0.5, 0.6) is 0 Å². The number of rotatable bonds is 6. The van der Waals surface area contributed by atoms with Gasteiger partial charge in [0, 0.05) is 29.0 Å². The van der Waals surface area contributed by atoms with Crippen LogP contribution in [0.1, 0.15) is 42.6 Å². The number of halogens is 1. The Morgan fingerprint density at radius 1 is 1.35 bits per heavy atom. The molecule has 0 aliphatic heterocycles. The molecule has 0 saturated heterocycles. The van der Waals surface area contributed by atoms with E-state index >= 15 is 0 Å². The zero-order valence-electron chi connectivity index (χ0n) is 12.0. The number of hydrogen-bond acceptors (Lipinski definition) is 2. The summed E-state index contributed by atoms with van der Waals surface area (Å²) in [5.74, 6) is -0.885. The molecule has 0 bridgehead atoms. The van der Waals surface area contributed by atoms with Gasteiger partial charge in [-0.15, -0.1) is 0 Å². The molecule has 110 valence electrons. The van der Waals surface area contributed by atoms with Crippen molar-refractivity contribution in [2.24, 2.45) is 0 Å². The summed E-state index contributed by atoms with van der Waals surface area (Å²) >= 11 is 3.42. The van der Waals surface area contributed by atoms with Crippen LogP contribution in [0.2, 0.25) is 0 Å². The number of benzene rings is 1. The Balaban J connectivity index is 2.88. The number of carboxylic acid groups (broad SMARTS) is 1. The predicted octanol–water partition coefficient (Wildman–Crippen LogP) is 3.47. The SMILES string of the molecule is Cc1c(Br)cccc1C(=O)N(CCCC(=O)O)C(C)C. The summed E-state index contributed by atoms with van der Waals surface area (Å²) in [6, 6.07) is 5.57. The van der Waals surface area contributed by atoms with E-state index in [2.05, 4.69) is 15.9 Å². The number of hydrogen-bond donors (Lipinski definition) is 1. The minimum absolute atomic E-state index is 0.0367. The first-order valence-corrected chi connectivity index (χ1v) is 7.41. The Kier molecular flexibility index (Phi) is 6.20. The van der Waals surface area contributed by atoms with Gasteiger partial charge in [0.1, 0.15) is 0 Å². The van der Waals surface area contributed by atoms with Crippen LogP contribution in [-0.4, -0.2) is 34.5 Å². The van der Waals surface area contributed by atoms with Crippen molar-refractivity contribution in [1.29, 1.82) is 0 Å². The predicted molar refractivity (Wildman–Crippen MR) is 81.9 cm³/mol. The van der Waals surface area contributed by atoms with Crippen LogP contribution in [0.25, 0.3) is 0 Å². The van der Waals surface area contributed by atoms with Crippen molar-refractivity contribution < 1.29 is 14.7 Å². The maximum atomic E-state index is 12.6. The van der Waals surface area contributed by atoms with E-state index in [1.165, 1.54) is 0 Å². The first-order valence-electron chi connectivity index (χ1n) is 6.62. The number of nitrogens with zero attached hydrogens (tertiary/aromatic N) is 1. The molecule has 4 nitrogen and oxygen atoms in total. The lowest BCUT2D eigenvalue weighted by molar-refractivity contribution is -0.137. The van der Waals surface area contributed by atoms with Gasteiger partial charge in [0.05, 0.1) is 0 Å². The number of aliphatic carboxylic acids is 1. The molecule has 5 heteroatoms. The molecule has 1 amide bonds. The zero-order valence-corrected chi connectivity index (χ0v) is 13.6. The molecule has 0 unspecified atom stereocenters. The van der Waals surface area contributed by atoms with Gasteiger partial charge in [-0.3, -0.25) is 9.59 Å². The molecule has 0 heterocycles. The second-order valence-corrected chi connectivity index (χ2v) is 5.86. The molecule has 0 atom stereocenters. The molecule has 0 aliphatic rings. The molecule has 20 heavy (non-hydrogen) atoms. The smallest absolute Gasteiger partial charge is 0.303 e. The van der Waals surface area contributed by atoms with Crippen LogP contribution in [0, 0.1) is 6.92 Å².